The molecule has 0 radical (unpaired) electrons. The summed E-state index contributed by atoms with van der Waals surface area (Å²) < 4.78 is 54.1. The molecule has 12 heteroatoms. The third kappa shape index (κ3) is 6.19. The van der Waals surface area contributed by atoms with Crippen LogP contribution in [-0.4, -0.2) is 39.3 Å². The monoisotopic (exact) mass is 702 g/mol. The Morgan fingerprint density at radius 2 is 1.02 bits per heavy atom. The van der Waals surface area contributed by atoms with E-state index in [1.807, 2.05) is 24.3 Å². The lowest BCUT2D eigenvalue weighted by Gasteiger charge is -2.50. The third-order valence-corrected chi connectivity index (χ3v) is 14.6. The first-order chi connectivity index (χ1) is 22.6. The van der Waals surface area contributed by atoms with Crippen LogP contribution in [-0.2, 0) is 33.4 Å². The number of fused-ring (bicyclic) bond motifs is 10. The van der Waals surface area contributed by atoms with Crippen molar-refractivity contribution < 1.29 is 35.4 Å². The molecule has 264 valence electrons. The minimum Gasteiger partial charge on any atom is -0.393 e. The number of nitrogens with two attached hydrogens (primary N) is 2. The van der Waals surface area contributed by atoms with Gasteiger partial charge in [-0.3, -0.25) is 0 Å². The van der Waals surface area contributed by atoms with Gasteiger partial charge in [0.15, 0.2) is 0 Å². The standard InChI is InChI=1S/2C18H25NO4S/c2*1-18-9-8-14-13-5-3-12(23-24(19,21)22)10-11(13)2-4-15(14)16(18)6-7-17(18)20/h2*3,5,10,14-17,20H,2,4,6-9H2,1H3,(H2,19,21,22)/t14?,15?,16?,17-,18-;14-,15-,16+,17+,18+/m01/s1. The Bertz CT molecular complexity index is 1650. The van der Waals surface area contributed by atoms with Crippen molar-refractivity contribution in [2.75, 3.05) is 0 Å². The van der Waals surface area contributed by atoms with Gasteiger partial charge in [-0.05, 0) is 170 Å². The van der Waals surface area contributed by atoms with Crippen LogP contribution < -0.4 is 18.6 Å². The summed E-state index contributed by atoms with van der Waals surface area (Å²) in [6.45, 7) is 4.54. The maximum atomic E-state index is 11.1. The zero-order chi connectivity index (χ0) is 34.2. The molecule has 6 aliphatic carbocycles. The predicted molar refractivity (Wildman–Crippen MR) is 182 cm³/mol. The Labute approximate surface area is 285 Å². The summed E-state index contributed by atoms with van der Waals surface area (Å²) in [5.41, 5.74) is 5.18. The van der Waals surface area contributed by atoms with Gasteiger partial charge in [0.2, 0.25) is 0 Å². The average molecular weight is 703 g/mol. The van der Waals surface area contributed by atoms with E-state index in [0.29, 0.717) is 47.0 Å². The van der Waals surface area contributed by atoms with E-state index < -0.39 is 20.6 Å². The molecule has 2 aromatic rings. The summed E-state index contributed by atoms with van der Waals surface area (Å²) in [7, 11) is -7.96. The molecule has 0 heterocycles. The molecule has 4 fully saturated rings. The molecule has 0 spiro atoms. The van der Waals surface area contributed by atoms with Crippen LogP contribution in [0.4, 0.5) is 0 Å². The highest BCUT2D eigenvalue weighted by Crippen LogP contribution is 2.62. The van der Waals surface area contributed by atoms with Gasteiger partial charge in [0.25, 0.3) is 0 Å². The Balaban J connectivity index is 0.000000152. The minimum atomic E-state index is -3.98. The number of benzene rings is 2. The van der Waals surface area contributed by atoms with Crippen molar-refractivity contribution in [2.24, 2.45) is 44.8 Å². The van der Waals surface area contributed by atoms with Crippen LogP contribution in [0.3, 0.4) is 0 Å². The van der Waals surface area contributed by atoms with E-state index in [1.54, 1.807) is 12.1 Å². The van der Waals surface area contributed by atoms with E-state index in [1.165, 1.54) is 22.3 Å². The number of aliphatic hydroxyl groups excluding tert-OH is 2. The number of hydrogen-bond acceptors (Lipinski definition) is 8. The van der Waals surface area contributed by atoms with Crippen molar-refractivity contribution in [3.8, 4) is 11.5 Å². The van der Waals surface area contributed by atoms with Crippen LogP contribution in [0.2, 0.25) is 0 Å². The Hall–Kier alpha value is -2.22. The number of hydrogen-bond donors (Lipinski definition) is 4. The summed E-state index contributed by atoms with van der Waals surface area (Å²) in [6.07, 6.45) is 12.2. The lowest BCUT2D eigenvalue weighted by Crippen LogP contribution is -2.43. The van der Waals surface area contributed by atoms with E-state index in [-0.39, 0.29) is 23.0 Å². The molecule has 10 atom stereocenters. The van der Waals surface area contributed by atoms with Crippen molar-refractivity contribution in [1.82, 2.24) is 0 Å². The second kappa shape index (κ2) is 12.2. The van der Waals surface area contributed by atoms with Gasteiger partial charge < -0.3 is 18.6 Å². The van der Waals surface area contributed by atoms with Gasteiger partial charge in [-0.2, -0.15) is 27.1 Å². The molecule has 6 aliphatic rings. The fourth-order valence-electron chi connectivity index (χ4n) is 11.4. The fraction of sp³-hybridized carbons (Fsp3) is 0.667. The van der Waals surface area contributed by atoms with Crippen molar-refractivity contribution >= 4 is 20.6 Å². The molecule has 0 amide bonds. The highest BCUT2D eigenvalue weighted by atomic mass is 32.2. The molecule has 6 N–H and O–H groups in total. The lowest BCUT2D eigenvalue weighted by molar-refractivity contribution is -0.0226. The van der Waals surface area contributed by atoms with Gasteiger partial charge >= 0.3 is 20.6 Å². The van der Waals surface area contributed by atoms with Crippen LogP contribution in [0.5, 0.6) is 11.5 Å². The zero-order valence-corrected chi connectivity index (χ0v) is 29.5. The first-order valence-corrected chi connectivity index (χ1v) is 20.6. The van der Waals surface area contributed by atoms with Gasteiger partial charge in [0, 0.05) is 0 Å². The molecule has 0 saturated heterocycles. The zero-order valence-electron chi connectivity index (χ0n) is 27.9. The summed E-state index contributed by atoms with van der Waals surface area (Å²) >= 11 is 0. The first kappa shape index (κ1) is 34.2. The van der Waals surface area contributed by atoms with Crippen LogP contribution in [0, 0.1) is 34.5 Å². The first-order valence-electron chi connectivity index (χ1n) is 17.6. The molecule has 0 bridgehead atoms. The SMILES string of the molecule is C[C@]12CCC3c4ccc(OS(N)(=O)=O)cc4CCC3C1CC[C@@H]2O.C[C@]12CC[C@@H]3c4ccc(OS(N)(=O)=O)cc4CC[C@H]3[C@@H]1CC[C@@H]2O. The molecule has 0 aliphatic heterocycles. The highest BCUT2D eigenvalue weighted by Gasteiger charge is 2.55. The van der Waals surface area contributed by atoms with E-state index in [9.17, 15) is 27.0 Å². The van der Waals surface area contributed by atoms with E-state index in [0.717, 1.165) is 77.0 Å². The van der Waals surface area contributed by atoms with Gasteiger partial charge in [0.1, 0.15) is 11.5 Å². The second-order valence-electron chi connectivity index (χ2n) is 16.0. The average Bonchev–Trinajstić information content (AvgIpc) is 3.49. The Kier molecular flexibility index (Phi) is 8.72. The second-order valence-corrected chi connectivity index (χ2v) is 18.3. The van der Waals surface area contributed by atoms with Crippen LogP contribution in [0.1, 0.15) is 112 Å². The normalized spacial score (nSPS) is 38.1. The minimum absolute atomic E-state index is 0.0787. The maximum Gasteiger partial charge on any atom is 0.380 e. The molecule has 8 rings (SSSR count). The smallest absolute Gasteiger partial charge is 0.380 e. The van der Waals surface area contributed by atoms with Crippen LogP contribution >= 0.6 is 0 Å². The molecular formula is C36H50N2O8S2. The molecular weight excluding hydrogens is 653 g/mol. The van der Waals surface area contributed by atoms with Crippen molar-refractivity contribution in [3.63, 3.8) is 0 Å². The van der Waals surface area contributed by atoms with Crippen molar-refractivity contribution in [2.45, 2.75) is 115 Å². The summed E-state index contributed by atoms with van der Waals surface area (Å²) in [5, 5.41) is 30.8. The lowest BCUT2D eigenvalue weighted by atomic mass is 9.55. The maximum absolute atomic E-state index is 11.1. The number of aliphatic hydroxyl groups is 2. The summed E-state index contributed by atoms with van der Waals surface area (Å²) in [4.78, 5) is 0. The van der Waals surface area contributed by atoms with Gasteiger partial charge in [-0.1, -0.05) is 26.0 Å². The Morgan fingerprint density at radius 3 is 1.40 bits per heavy atom. The molecule has 0 aromatic heterocycles. The molecule has 10 nitrogen and oxygen atoms in total. The van der Waals surface area contributed by atoms with E-state index >= 15 is 0 Å². The topological polar surface area (TPSA) is 179 Å². The fourth-order valence-corrected chi connectivity index (χ4v) is 12.2. The predicted octanol–water partition coefficient (Wildman–Crippen LogP) is 4.97. The van der Waals surface area contributed by atoms with E-state index in [4.69, 9.17) is 18.6 Å². The van der Waals surface area contributed by atoms with Gasteiger partial charge in [-0.15, -0.1) is 0 Å². The number of aryl methyl sites for hydroxylation is 2. The summed E-state index contributed by atoms with van der Waals surface area (Å²) in [5.74, 6) is 4.07. The quantitative estimate of drug-likeness (QED) is 0.345. The summed E-state index contributed by atoms with van der Waals surface area (Å²) in [6, 6.07) is 11.1. The Morgan fingerprint density at radius 1 is 0.625 bits per heavy atom. The number of rotatable bonds is 4. The molecule has 3 unspecified atom stereocenters. The van der Waals surface area contributed by atoms with Crippen molar-refractivity contribution in [1.29, 1.82) is 0 Å². The highest BCUT2D eigenvalue weighted by molar-refractivity contribution is 7.85. The van der Waals surface area contributed by atoms with Crippen molar-refractivity contribution in [3.05, 3.63) is 58.7 Å². The largest absolute Gasteiger partial charge is 0.393 e. The van der Waals surface area contributed by atoms with Crippen LogP contribution in [0.15, 0.2) is 36.4 Å². The van der Waals surface area contributed by atoms with E-state index in [2.05, 4.69) is 13.8 Å². The van der Waals surface area contributed by atoms with Crippen LogP contribution in [0.25, 0.3) is 0 Å². The molecule has 2 aromatic carbocycles. The third-order valence-electron chi connectivity index (χ3n) is 13.7. The van der Waals surface area contributed by atoms with Gasteiger partial charge in [-0.25, -0.2) is 0 Å². The van der Waals surface area contributed by atoms with Gasteiger partial charge in [0.05, 0.1) is 12.2 Å². The molecule has 48 heavy (non-hydrogen) atoms. The molecule has 4 saturated carbocycles.